The van der Waals surface area contributed by atoms with Gasteiger partial charge < -0.3 is 47.6 Å². The molecule has 0 bridgehead atoms. The number of nitrogens with two attached hydrogens (primary N) is 2. The summed E-state index contributed by atoms with van der Waals surface area (Å²) in [6.07, 6.45) is -0.937. The second-order valence-corrected chi connectivity index (χ2v) is 8.47. The van der Waals surface area contributed by atoms with Gasteiger partial charge >= 0.3 is 17.9 Å². The Labute approximate surface area is 203 Å². The molecular formula is C20H28N4O10S. The smallest absolute Gasteiger partial charge is 0.327 e. The molecule has 11 N–H and O–H groups in total. The van der Waals surface area contributed by atoms with E-state index in [4.69, 9.17) is 16.6 Å². The first-order valence-electron chi connectivity index (χ1n) is 10.3. The first-order chi connectivity index (χ1) is 16.3. The SMILES string of the molecule is NCCC(=O)N[C@@H](Cc1cc(O)c(O)c(SC[C@@H](NC(=O)[C@@H](N)CCC(=O)O)C(=O)O)c1)C(=O)O. The van der Waals surface area contributed by atoms with Crippen LogP contribution in [0.2, 0.25) is 0 Å². The highest BCUT2D eigenvalue weighted by Gasteiger charge is 2.26. The lowest BCUT2D eigenvalue weighted by atomic mass is 10.0. The fourth-order valence-corrected chi connectivity index (χ4v) is 3.79. The molecule has 0 spiro atoms. The number of hydrogen-bond donors (Lipinski definition) is 9. The van der Waals surface area contributed by atoms with E-state index >= 15 is 0 Å². The van der Waals surface area contributed by atoms with Gasteiger partial charge in [-0.2, -0.15) is 0 Å². The van der Waals surface area contributed by atoms with Crippen LogP contribution < -0.4 is 22.1 Å². The van der Waals surface area contributed by atoms with Crippen LogP contribution in [0.5, 0.6) is 11.5 Å². The standard InChI is InChI=1S/C20H28N4O10S/c21-4-3-15(26)23-11(19(31)32)5-9-6-13(25)17(29)14(7-9)35-8-12(20(33)34)24-18(30)10(22)1-2-16(27)28/h6-7,10-12,25,29H,1-5,8,21-22H2,(H,23,26)(H,24,30)(H,27,28)(H,31,32)(H,33,34)/t10-,11-,12+/m0/s1. The number of carbonyl (C=O) groups is 5. The number of phenolic OH excluding ortho intramolecular Hbond substituents is 2. The van der Waals surface area contributed by atoms with Gasteiger partial charge in [-0.3, -0.25) is 14.4 Å². The van der Waals surface area contributed by atoms with Gasteiger partial charge in [-0.15, -0.1) is 11.8 Å². The predicted octanol–water partition coefficient (Wildman–Crippen LogP) is -1.59. The van der Waals surface area contributed by atoms with Crippen LogP contribution >= 0.6 is 11.8 Å². The number of hydrogen-bond acceptors (Lipinski definition) is 10. The average molecular weight is 517 g/mol. The van der Waals surface area contributed by atoms with Crippen molar-refractivity contribution in [1.82, 2.24) is 10.6 Å². The number of carbonyl (C=O) groups excluding carboxylic acids is 2. The van der Waals surface area contributed by atoms with Crippen molar-refractivity contribution in [2.75, 3.05) is 12.3 Å². The molecule has 14 nitrogen and oxygen atoms in total. The third-order valence-corrected chi connectivity index (χ3v) is 5.71. The van der Waals surface area contributed by atoms with E-state index in [2.05, 4.69) is 10.6 Å². The monoisotopic (exact) mass is 516 g/mol. The second-order valence-electron chi connectivity index (χ2n) is 7.41. The highest BCUT2D eigenvalue weighted by atomic mass is 32.2. The molecule has 35 heavy (non-hydrogen) atoms. The van der Waals surface area contributed by atoms with Gasteiger partial charge in [0.15, 0.2) is 11.5 Å². The van der Waals surface area contributed by atoms with Crippen LogP contribution in [0.3, 0.4) is 0 Å². The van der Waals surface area contributed by atoms with Crippen molar-refractivity contribution in [1.29, 1.82) is 0 Å². The molecule has 15 heteroatoms. The van der Waals surface area contributed by atoms with Gasteiger partial charge in [-0.1, -0.05) is 0 Å². The summed E-state index contributed by atoms with van der Waals surface area (Å²) in [6.45, 7) is 0.0186. The fraction of sp³-hybridized carbons (Fsp3) is 0.450. The Morgan fingerprint density at radius 3 is 2.11 bits per heavy atom. The minimum atomic E-state index is -1.48. The molecule has 3 atom stereocenters. The van der Waals surface area contributed by atoms with Crippen molar-refractivity contribution in [3.05, 3.63) is 17.7 Å². The number of benzene rings is 1. The molecule has 0 unspecified atom stereocenters. The maximum Gasteiger partial charge on any atom is 0.327 e. The summed E-state index contributed by atoms with van der Waals surface area (Å²) in [4.78, 5) is 57.4. The Hall–Kier alpha value is -3.56. The summed E-state index contributed by atoms with van der Waals surface area (Å²) in [5.41, 5.74) is 11.1. The number of nitrogens with one attached hydrogen (secondary N) is 2. The number of rotatable bonds is 15. The molecule has 1 aromatic rings. The average Bonchev–Trinajstić information content (AvgIpc) is 2.76. The third kappa shape index (κ3) is 10.1. The topological polar surface area (TPSA) is 263 Å². The quantitative estimate of drug-likeness (QED) is 0.0941. The number of thioether (sulfide) groups is 1. The molecule has 1 rings (SSSR count). The zero-order valence-electron chi connectivity index (χ0n) is 18.5. The highest BCUT2D eigenvalue weighted by Crippen LogP contribution is 2.37. The fourth-order valence-electron chi connectivity index (χ4n) is 2.75. The number of aliphatic carboxylic acids is 3. The maximum atomic E-state index is 12.1. The minimum absolute atomic E-state index is 0.00639. The first kappa shape index (κ1) is 29.5. The van der Waals surface area contributed by atoms with Gasteiger partial charge in [0.05, 0.1) is 10.9 Å². The van der Waals surface area contributed by atoms with Gasteiger partial charge in [0.1, 0.15) is 12.1 Å². The summed E-state index contributed by atoms with van der Waals surface area (Å²) in [6, 6.07) is -1.67. The van der Waals surface area contributed by atoms with Crippen LogP contribution in [0.15, 0.2) is 17.0 Å². The van der Waals surface area contributed by atoms with Crippen LogP contribution in [0.4, 0.5) is 0 Å². The van der Waals surface area contributed by atoms with Crippen molar-refractivity contribution in [2.45, 2.75) is 48.7 Å². The van der Waals surface area contributed by atoms with Gasteiger partial charge in [-0.05, 0) is 24.1 Å². The summed E-state index contributed by atoms with van der Waals surface area (Å²) < 4.78 is 0. The van der Waals surface area contributed by atoms with E-state index in [1.165, 1.54) is 6.07 Å². The van der Waals surface area contributed by atoms with E-state index in [9.17, 15) is 44.4 Å². The van der Waals surface area contributed by atoms with Gasteiger partial charge in [0.2, 0.25) is 11.8 Å². The molecule has 0 fully saturated rings. The van der Waals surface area contributed by atoms with Crippen molar-refractivity contribution in [3.63, 3.8) is 0 Å². The molecule has 0 saturated heterocycles. The Morgan fingerprint density at radius 2 is 1.57 bits per heavy atom. The Kier molecular flexibility index (Phi) is 11.8. The molecule has 1 aromatic carbocycles. The zero-order valence-corrected chi connectivity index (χ0v) is 19.3. The lowest BCUT2D eigenvalue weighted by molar-refractivity contribution is -0.142. The van der Waals surface area contributed by atoms with E-state index in [1.807, 2.05) is 0 Å². The number of carboxylic acids is 3. The van der Waals surface area contributed by atoms with E-state index in [1.54, 1.807) is 0 Å². The summed E-state index contributed by atoms with van der Waals surface area (Å²) in [5, 5.41) is 52.1. The first-order valence-corrected chi connectivity index (χ1v) is 11.2. The van der Waals surface area contributed by atoms with E-state index < -0.39 is 59.3 Å². The molecule has 0 saturated carbocycles. The van der Waals surface area contributed by atoms with Crippen molar-refractivity contribution < 1.29 is 49.5 Å². The van der Waals surface area contributed by atoms with Crippen molar-refractivity contribution in [3.8, 4) is 11.5 Å². The highest BCUT2D eigenvalue weighted by molar-refractivity contribution is 7.99. The van der Waals surface area contributed by atoms with Gasteiger partial charge in [0.25, 0.3) is 0 Å². The number of carboxylic acid groups (broad SMARTS) is 3. The van der Waals surface area contributed by atoms with E-state index in [-0.39, 0.29) is 48.4 Å². The van der Waals surface area contributed by atoms with Crippen molar-refractivity contribution >= 4 is 41.5 Å². The normalized spacial score (nSPS) is 13.3. The van der Waals surface area contributed by atoms with Crippen LogP contribution in [-0.4, -0.2) is 85.7 Å². The van der Waals surface area contributed by atoms with E-state index in [0.717, 1.165) is 17.8 Å². The van der Waals surface area contributed by atoms with Crippen LogP contribution in [-0.2, 0) is 30.4 Å². The predicted molar refractivity (Wildman–Crippen MR) is 122 cm³/mol. The lowest BCUT2D eigenvalue weighted by Crippen LogP contribution is -2.49. The number of phenols is 2. The zero-order chi connectivity index (χ0) is 26.7. The maximum absolute atomic E-state index is 12.1. The summed E-state index contributed by atoms with van der Waals surface area (Å²) in [7, 11) is 0. The molecule has 0 aromatic heterocycles. The number of amides is 2. The van der Waals surface area contributed by atoms with Gasteiger partial charge in [0, 0.05) is 31.6 Å². The molecule has 0 aliphatic carbocycles. The summed E-state index contributed by atoms with van der Waals surface area (Å²) >= 11 is 0.749. The number of aromatic hydroxyl groups is 2. The largest absolute Gasteiger partial charge is 0.504 e. The minimum Gasteiger partial charge on any atom is -0.504 e. The molecule has 0 aliphatic heterocycles. The van der Waals surface area contributed by atoms with E-state index in [0.29, 0.717) is 0 Å². The summed E-state index contributed by atoms with van der Waals surface area (Å²) in [5.74, 6) is -6.91. The van der Waals surface area contributed by atoms with Crippen molar-refractivity contribution in [2.24, 2.45) is 11.5 Å². The molecule has 2 amide bonds. The molecule has 0 radical (unpaired) electrons. The van der Waals surface area contributed by atoms with Crippen LogP contribution in [0.1, 0.15) is 24.8 Å². The second kappa shape index (κ2) is 14.0. The Morgan fingerprint density at radius 1 is 0.943 bits per heavy atom. The lowest BCUT2D eigenvalue weighted by Gasteiger charge is -2.18. The van der Waals surface area contributed by atoms with Crippen LogP contribution in [0.25, 0.3) is 0 Å². The molecule has 0 heterocycles. The van der Waals surface area contributed by atoms with Crippen LogP contribution in [0, 0.1) is 0 Å². The third-order valence-electron chi connectivity index (χ3n) is 4.59. The Balaban J connectivity index is 2.95. The van der Waals surface area contributed by atoms with Gasteiger partial charge in [-0.25, -0.2) is 9.59 Å². The molecule has 194 valence electrons. The Bertz CT molecular complexity index is 958. The molecule has 0 aliphatic rings. The molecular weight excluding hydrogens is 488 g/mol.